The van der Waals surface area contributed by atoms with Crippen molar-refractivity contribution in [1.82, 2.24) is 0 Å². The molecule has 0 rings (SSSR count). The molecule has 0 aliphatic rings. The second-order valence-electron chi connectivity index (χ2n) is 8.20. The second-order valence-corrected chi connectivity index (χ2v) is 11.3. The predicted octanol–water partition coefficient (Wildman–Crippen LogP) is 7.84. The fraction of sp³-hybridized carbons (Fsp3) is 1.00. The van der Waals surface area contributed by atoms with E-state index in [-0.39, 0.29) is 0 Å². The molecule has 0 aliphatic heterocycles. The van der Waals surface area contributed by atoms with Gasteiger partial charge in [-0.1, -0.05) is 103 Å². The Balaban J connectivity index is 3.41. The van der Waals surface area contributed by atoms with Crippen LogP contribution in [0, 0.1) is 0 Å². The summed E-state index contributed by atoms with van der Waals surface area (Å²) in [6, 6.07) is 0. The minimum Gasteiger partial charge on any atom is -0.400 e. The van der Waals surface area contributed by atoms with Gasteiger partial charge >= 0.3 is 9.28 Å². The van der Waals surface area contributed by atoms with E-state index in [2.05, 4.69) is 19.6 Å². The Morgan fingerprint density at radius 2 is 0.963 bits per heavy atom. The largest absolute Gasteiger partial charge is 0.400 e. The third kappa shape index (κ3) is 18.3. The summed E-state index contributed by atoms with van der Waals surface area (Å²) < 4.78 is 11.3. The molecule has 164 valence electrons. The SMILES string of the molecule is CCCCCCCCCCCCCCCCCC(CCCS)[SiH](OC)OC. The lowest BCUT2D eigenvalue weighted by Crippen LogP contribution is -2.26. The van der Waals surface area contributed by atoms with Crippen LogP contribution in [0.25, 0.3) is 0 Å². The fourth-order valence-corrected chi connectivity index (χ4v) is 6.19. The average Bonchev–Trinajstić information content (AvgIpc) is 2.69. The third-order valence-electron chi connectivity index (χ3n) is 5.76. The molecule has 0 heterocycles. The lowest BCUT2D eigenvalue weighted by molar-refractivity contribution is 0.258. The van der Waals surface area contributed by atoms with E-state index >= 15 is 0 Å². The van der Waals surface area contributed by atoms with E-state index < -0.39 is 9.28 Å². The van der Waals surface area contributed by atoms with Crippen molar-refractivity contribution >= 4 is 21.9 Å². The van der Waals surface area contributed by atoms with Crippen LogP contribution in [0.1, 0.15) is 122 Å². The molecule has 0 spiro atoms. The summed E-state index contributed by atoms with van der Waals surface area (Å²) in [7, 11) is 2.17. The van der Waals surface area contributed by atoms with Gasteiger partial charge in [-0.25, -0.2) is 0 Å². The summed E-state index contributed by atoms with van der Waals surface area (Å²) in [4.78, 5) is 0. The minimum atomic E-state index is -1.47. The molecule has 0 radical (unpaired) electrons. The highest BCUT2D eigenvalue weighted by atomic mass is 32.1. The molecule has 0 saturated carbocycles. The Kier molecular flexibility index (Phi) is 23.2. The van der Waals surface area contributed by atoms with Crippen molar-refractivity contribution in [2.45, 2.75) is 128 Å². The van der Waals surface area contributed by atoms with E-state index in [1.165, 1.54) is 116 Å². The Bertz CT molecular complexity index is 275. The van der Waals surface area contributed by atoms with Crippen molar-refractivity contribution in [3.8, 4) is 0 Å². The van der Waals surface area contributed by atoms with Crippen LogP contribution in [0.15, 0.2) is 0 Å². The molecule has 0 N–H and O–H groups in total. The maximum Gasteiger partial charge on any atom is 0.324 e. The van der Waals surface area contributed by atoms with E-state index in [0.717, 1.165) is 5.75 Å². The normalized spacial score (nSPS) is 12.8. The van der Waals surface area contributed by atoms with Gasteiger partial charge < -0.3 is 8.85 Å². The van der Waals surface area contributed by atoms with Crippen LogP contribution >= 0.6 is 12.6 Å². The lowest BCUT2D eigenvalue weighted by atomic mass is 10.0. The molecule has 4 heteroatoms. The van der Waals surface area contributed by atoms with Gasteiger partial charge in [0.25, 0.3) is 0 Å². The molecular weight excluding hydrogens is 368 g/mol. The van der Waals surface area contributed by atoms with Gasteiger partial charge in [-0.15, -0.1) is 0 Å². The summed E-state index contributed by atoms with van der Waals surface area (Å²) >= 11 is 4.36. The zero-order valence-corrected chi connectivity index (χ0v) is 20.9. The Hall–Kier alpha value is 0.487. The van der Waals surface area contributed by atoms with E-state index in [4.69, 9.17) is 8.85 Å². The third-order valence-corrected chi connectivity index (χ3v) is 8.44. The van der Waals surface area contributed by atoms with Gasteiger partial charge in [0.15, 0.2) is 0 Å². The molecule has 0 saturated heterocycles. The Labute approximate surface area is 178 Å². The quantitative estimate of drug-likeness (QED) is 0.110. The van der Waals surface area contributed by atoms with Crippen molar-refractivity contribution < 1.29 is 8.85 Å². The van der Waals surface area contributed by atoms with E-state index in [0.29, 0.717) is 5.54 Å². The molecule has 0 fully saturated rings. The van der Waals surface area contributed by atoms with E-state index in [9.17, 15) is 0 Å². The zero-order chi connectivity index (χ0) is 20.0. The molecule has 0 bridgehead atoms. The van der Waals surface area contributed by atoms with Crippen LogP contribution < -0.4 is 0 Å². The summed E-state index contributed by atoms with van der Waals surface area (Å²) in [5.41, 5.74) is 0.661. The van der Waals surface area contributed by atoms with Crippen molar-refractivity contribution in [3.05, 3.63) is 0 Å². The smallest absolute Gasteiger partial charge is 0.324 e. The van der Waals surface area contributed by atoms with Gasteiger partial charge in [0, 0.05) is 14.2 Å². The monoisotopic (exact) mass is 418 g/mol. The van der Waals surface area contributed by atoms with Crippen LogP contribution in [-0.2, 0) is 8.85 Å². The zero-order valence-electron chi connectivity index (χ0n) is 18.9. The molecule has 2 nitrogen and oxygen atoms in total. The molecule has 0 aliphatic carbocycles. The maximum atomic E-state index is 5.63. The van der Waals surface area contributed by atoms with Crippen molar-refractivity contribution in [3.63, 3.8) is 0 Å². The van der Waals surface area contributed by atoms with Gasteiger partial charge in [-0.05, 0) is 30.6 Å². The average molecular weight is 419 g/mol. The highest BCUT2D eigenvalue weighted by molar-refractivity contribution is 7.80. The van der Waals surface area contributed by atoms with E-state index in [1.54, 1.807) is 0 Å². The van der Waals surface area contributed by atoms with E-state index in [1.807, 2.05) is 14.2 Å². The molecule has 27 heavy (non-hydrogen) atoms. The molecular formula is C23H50O2SSi. The Morgan fingerprint density at radius 1 is 0.593 bits per heavy atom. The molecule has 0 aromatic carbocycles. The minimum absolute atomic E-state index is 0.661. The molecule has 1 atom stereocenters. The summed E-state index contributed by atoms with van der Waals surface area (Å²) in [6.07, 6.45) is 25.1. The topological polar surface area (TPSA) is 18.5 Å². The highest BCUT2D eigenvalue weighted by Gasteiger charge is 2.23. The van der Waals surface area contributed by atoms with Crippen LogP contribution in [0.2, 0.25) is 5.54 Å². The van der Waals surface area contributed by atoms with Crippen LogP contribution in [0.4, 0.5) is 0 Å². The van der Waals surface area contributed by atoms with Gasteiger partial charge in [0.1, 0.15) is 0 Å². The number of thiol groups is 1. The number of unbranched alkanes of at least 4 members (excludes halogenated alkanes) is 14. The van der Waals surface area contributed by atoms with Crippen LogP contribution in [0.3, 0.4) is 0 Å². The lowest BCUT2D eigenvalue weighted by Gasteiger charge is -2.22. The fourth-order valence-electron chi connectivity index (χ4n) is 4.03. The van der Waals surface area contributed by atoms with Crippen molar-refractivity contribution in [1.29, 1.82) is 0 Å². The first-order chi connectivity index (χ1) is 13.3. The van der Waals surface area contributed by atoms with Crippen LogP contribution in [0.5, 0.6) is 0 Å². The standard InChI is InChI=1S/C23H50O2SSi/c1-4-5-6-7-8-9-10-11-12-13-14-15-16-17-18-20-23(21-19-22-26)27(24-2)25-3/h23,26-27H,4-22H2,1-3H3. The Morgan fingerprint density at radius 3 is 1.33 bits per heavy atom. The number of hydrogen-bond donors (Lipinski definition) is 1. The maximum absolute atomic E-state index is 5.63. The van der Waals surface area contributed by atoms with Crippen molar-refractivity contribution in [2.75, 3.05) is 20.0 Å². The highest BCUT2D eigenvalue weighted by Crippen LogP contribution is 2.26. The molecule has 1 unspecified atom stereocenters. The number of rotatable bonds is 22. The molecule has 0 aromatic rings. The summed E-state index contributed by atoms with van der Waals surface area (Å²) in [5, 5.41) is 0. The summed E-state index contributed by atoms with van der Waals surface area (Å²) in [6.45, 7) is 2.29. The van der Waals surface area contributed by atoms with Gasteiger partial charge in [0.05, 0.1) is 0 Å². The number of hydrogen-bond acceptors (Lipinski definition) is 3. The van der Waals surface area contributed by atoms with Crippen LogP contribution in [-0.4, -0.2) is 29.3 Å². The molecule has 0 amide bonds. The van der Waals surface area contributed by atoms with Gasteiger partial charge in [-0.2, -0.15) is 12.6 Å². The first-order valence-corrected chi connectivity index (χ1v) is 14.2. The van der Waals surface area contributed by atoms with Gasteiger partial charge in [0.2, 0.25) is 0 Å². The first-order valence-electron chi connectivity index (χ1n) is 12.0. The predicted molar refractivity (Wildman–Crippen MR) is 128 cm³/mol. The molecule has 0 aromatic heterocycles. The second kappa shape index (κ2) is 22.8. The first kappa shape index (κ1) is 27.5. The van der Waals surface area contributed by atoms with Gasteiger partial charge in [-0.3, -0.25) is 0 Å². The summed E-state index contributed by atoms with van der Waals surface area (Å²) in [5.74, 6) is 0.976. The van der Waals surface area contributed by atoms with Crippen molar-refractivity contribution in [2.24, 2.45) is 0 Å².